The minimum atomic E-state index is -0.931. The SMILES string of the molecule is C[C@@H]1C[C@H](c2ccccc2)N(S(=O)C(C)(C)C)C1. The van der Waals surface area contributed by atoms with Crippen LogP contribution in [0, 0.1) is 5.92 Å². The van der Waals surface area contributed by atoms with E-state index >= 15 is 0 Å². The maximum atomic E-state index is 12.6. The molecule has 3 heteroatoms. The topological polar surface area (TPSA) is 20.3 Å². The van der Waals surface area contributed by atoms with Crippen molar-refractivity contribution in [1.29, 1.82) is 0 Å². The van der Waals surface area contributed by atoms with Gasteiger partial charge in [-0.25, -0.2) is 8.51 Å². The highest BCUT2D eigenvalue weighted by Crippen LogP contribution is 2.38. The van der Waals surface area contributed by atoms with E-state index in [0.29, 0.717) is 12.0 Å². The van der Waals surface area contributed by atoms with Crippen molar-refractivity contribution in [3.8, 4) is 0 Å². The lowest BCUT2D eigenvalue weighted by Crippen LogP contribution is -2.37. The van der Waals surface area contributed by atoms with Crippen LogP contribution in [-0.2, 0) is 11.0 Å². The minimum absolute atomic E-state index is 0.183. The van der Waals surface area contributed by atoms with Crippen molar-refractivity contribution in [2.45, 2.75) is 44.9 Å². The Kier molecular flexibility index (Phi) is 3.93. The van der Waals surface area contributed by atoms with Gasteiger partial charge in [0.05, 0.1) is 4.75 Å². The van der Waals surface area contributed by atoms with Crippen molar-refractivity contribution >= 4 is 11.0 Å². The largest absolute Gasteiger partial charge is 0.242 e. The molecule has 0 radical (unpaired) electrons. The molecule has 1 fully saturated rings. The summed E-state index contributed by atoms with van der Waals surface area (Å²) in [5, 5.41) is 0. The number of hydrogen-bond donors (Lipinski definition) is 0. The summed E-state index contributed by atoms with van der Waals surface area (Å²) in [5.74, 6) is 0.613. The minimum Gasteiger partial charge on any atom is -0.242 e. The molecule has 2 nitrogen and oxygen atoms in total. The Hall–Kier alpha value is -0.670. The van der Waals surface area contributed by atoms with Gasteiger partial charge in [-0.1, -0.05) is 37.3 Å². The molecule has 1 aromatic rings. The normalized spacial score (nSPS) is 27.3. The quantitative estimate of drug-likeness (QED) is 0.801. The second-order valence-electron chi connectivity index (χ2n) is 6.23. The third-order valence-corrected chi connectivity index (χ3v) is 5.26. The van der Waals surface area contributed by atoms with Crippen LogP contribution >= 0.6 is 0 Å². The van der Waals surface area contributed by atoms with E-state index in [9.17, 15) is 4.21 Å². The molecule has 0 bridgehead atoms. The molecule has 2 rings (SSSR count). The summed E-state index contributed by atoms with van der Waals surface area (Å²) in [5.41, 5.74) is 1.29. The fourth-order valence-electron chi connectivity index (χ4n) is 2.52. The Bertz CT molecular complexity index is 424. The smallest absolute Gasteiger partial charge is 0.100 e. The lowest BCUT2D eigenvalue weighted by molar-refractivity contribution is 0.414. The second-order valence-corrected chi connectivity index (χ2v) is 8.42. The molecule has 1 aromatic carbocycles. The van der Waals surface area contributed by atoms with Gasteiger partial charge in [0.1, 0.15) is 11.0 Å². The molecule has 0 aromatic heterocycles. The van der Waals surface area contributed by atoms with Crippen LogP contribution in [0.3, 0.4) is 0 Å². The van der Waals surface area contributed by atoms with Crippen LogP contribution in [0.25, 0.3) is 0 Å². The lowest BCUT2D eigenvalue weighted by Gasteiger charge is -2.30. The first kappa shape index (κ1) is 13.8. The van der Waals surface area contributed by atoms with Crippen LogP contribution in [0.4, 0.5) is 0 Å². The zero-order chi connectivity index (χ0) is 13.3. The molecule has 18 heavy (non-hydrogen) atoms. The van der Waals surface area contributed by atoms with Crippen LogP contribution < -0.4 is 0 Å². The molecule has 100 valence electrons. The average Bonchev–Trinajstić information content (AvgIpc) is 2.70. The van der Waals surface area contributed by atoms with Crippen LogP contribution in [-0.4, -0.2) is 19.8 Å². The summed E-state index contributed by atoms with van der Waals surface area (Å²) in [4.78, 5) is 0. The molecule has 0 spiro atoms. The fraction of sp³-hybridized carbons (Fsp3) is 0.600. The zero-order valence-electron chi connectivity index (χ0n) is 11.7. The summed E-state index contributed by atoms with van der Waals surface area (Å²) < 4.78 is 14.6. The zero-order valence-corrected chi connectivity index (χ0v) is 12.5. The molecule has 3 atom stereocenters. The van der Waals surface area contributed by atoms with Gasteiger partial charge in [0.15, 0.2) is 0 Å². The second kappa shape index (κ2) is 5.14. The summed E-state index contributed by atoms with van der Waals surface area (Å²) >= 11 is 0. The van der Waals surface area contributed by atoms with Gasteiger partial charge < -0.3 is 0 Å². The van der Waals surface area contributed by atoms with Gasteiger partial charge in [0.2, 0.25) is 0 Å². The van der Waals surface area contributed by atoms with Gasteiger partial charge in [0, 0.05) is 12.6 Å². The highest BCUT2D eigenvalue weighted by atomic mass is 32.2. The van der Waals surface area contributed by atoms with Gasteiger partial charge in [-0.05, 0) is 38.7 Å². The predicted octanol–water partition coefficient (Wildman–Crippen LogP) is 3.53. The van der Waals surface area contributed by atoms with Crippen LogP contribution in [0.2, 0.25) is 0 Å². The van der Waals surface area contributed by atoms with Gasteiger partial charge in [-0.3, -0.25) is 0 Å². The predicted molar refractivity (Wildman–Crippen MR) is 77.6 cm³/mol. The Morgan fingerprint density at radius 1 is 1.22 bits per heavy atom. The molecule has 1 aliphatic rings. The molecule has 1 unspecified atom stereocenters. The highest BCUT2D eigenvalue weighted by molar-refractivity contribution is 7.84. The van der Waals surface area contributed by atoms with Gasteiger partial charge in [-0.2, -0.15) is 0 Å². The van der Waals surface area contributed by atoms with E-state index in [4.69, 9.17) is 0 Å². The molecule has 1 heterocycles. The molecule has 0 saturated carbocycles. The van der Waals surface area contributed by atoms with E-state index < -0.39 is 11.0 Å². The monoisotopic (exact) mass is 265 g/mol. The molecular weight excluding hydrogens is 242 g/mol. The van der Waals surface area contributed by atoms with Crippen molar-refractivity contribution in [3.63, 3.8) is 0 Å². The van der Waals surface area contributed by atoms with Crippen LogP contribution in [0.5, 0.6) is 0 Å². The van der Waals surface area contributed by atoms with E-state index in [2.05, 4.69) is 35.5 Å². The summed E-state index contributed by atoms with van der Waals surface area (Å²) in [6.07, 6.45) is 1.10. The van der Waals surface area contributed by atoms with Crippen molar-refractivity contribution in [3.05, 3.63) is 35.9 Å². The number of nitrogens with zero attached hydrogens (tertiary/aromatic N) is 1. The van der Waals surface area contributed by atoms with Gasteiger partial charge in [0.25, 0.3) is 0 Å². The average molecular weight is 265 g/mol. The first-order chi connectivity index (χ1) is 8.39. The summed E-state index contributed by atoms with van der Waals surface area (Å²) in [6, 6.07) is 10.8. The maximum absolute atomic E-state index is 12.6. The molecule has 0 N–H and O–H groups in total. The highest BCUT2D eigenvalue weighted by Gasteiger charge is 2.38. The summed E-state index contributed by atoms with van der Waals surface area (Å²) in [6.45, 7) is 9.33. The van der Waals surface area contributed by atoms with Crippen molar-refractivity contribution in [2.24, 2.45) is 5.92 Å². The van der Waals surface area contributed by atoms with E-state index in [0.717, 1.165) is 13.0 Å². The number of hydrogen-bond acceptors (Lipinski definition) is 1. The third kappa shape index (κ3) is 2.83. The number of rotatable bonds is 2. The van der Waals surface area contributed by atoms with Gasteiger partial charge >= 0.3 is 0 Å². The van der Waals surface area contributed by atoms with E-state index in [1.165, 1.54) is 5.56 Å². The van der Waals surface area contributed by atoms with Crippen molar-refractivity contribution < 1.29 is 4.21 Å². The maximum Gasteiger partial charge on any atom is 0.100 e. The van der Waals surface area contributed by atoms with Crippen molar-refractivity contribution in [2.75, 3.05) is 6.54 Å². The summed E-state index contributed by atoms with van der Waals surface area (Å²) in [7, 11) is -0.931. The molecule has 1 saturated heterocycles. The first-order valence-electron chi connectivity index (χ1n) is 6.63. The van der Waals surface area contributed by atoms with Crippen LogP contribution in [0.15, 0.2) is 30.3 Å². The number of benzene rings is 1. The Balaban J connectivity index is 2.27. The van der Waals surface area contributed by atoms with E-state index in [1.54, 1.807) is 0 Å². The third-order valence-electron chi connectivity index (χ3n) is 3.39. The standard InChI is InChI=1S/C15H23NOS/c1-12-10-14(13-8-6-5-7-9-13)16(11-12)18(17)15(2,3)4/h5-9,12,14H,10-11H2,1-4H3/t12-,14-,18?/m1/s1. The Morgan fingerprint density at radius 3 is 2.39 bits per heavy atom. The lowest BCUT2D eigenvalue weighted by atomic mass is 10.0. The Morgan fingerprint density at radius 2 is 1.83 bits per heavy atom. The van der Waals surface area contributed by atoms with E-state index in [-0.39, 0.29) is 4.75 Å². The fourth-order valence-corrected chi connectivity index (χ4v) is 4.05. The first-order valence-corrected chi connectivity index (χ1v) is 7.74. The molecule has 0 aliphatic carbocycles. The molecule has 1 aliphatic heterocycles. The van der Waals surface area contributed by atoms with Crippen molar-refractivity contribution in [1.82, 2.24) is 4.31 Å². The molecule has 0 amide bonds. The Labute approximate surface area is 113 Å². The van der Waals surface area contributed by atoms with Crippen LogP contribution in [0.1, 0.15) is 45.7 Å². The van der Waals surface area contributed by atoms with Gasteiger partial charge in [-0.15, -0.1) is 0 Å². The van der Waals surface area contributed by atoms with E-state index in [1.807, 2.05) is 26.8 Å². The molecular formula is C15H23NOS.